The molecule has 4 heterocycles. The number of piperidine rings is 1. The first-order valence-electron chi connectivity index (χ1n) is 21.8. The molecule has 324 valence electrons. The van der Waals surface area contributed by atoms with Crippen LogP contribution >= 0.6 is 11.6 Å². The fourth-order valence-electron chi connectivity index (χ4n) is 8.91. The van der Waals surface area contributed by atoms with E-state index in [1.54, 1.807) is 29.2 Å². The molecule has 1 unspecified atom stereocenters. The highest BCUT2D eigenvalue weighted by Crippen LogP contribution is 2.30. The molecule has 2 fully saturated rings. The van der Waals surface area contributed by atoms with Crippen molar-refractivity contribution in [3.8, 4) is 0 Å². The number of aliphatic hydroxyl groups is 1. The van der Waals surface area contributed by atoms with E-state index in [-0.39, 0.29) is 47.4 Å². The van der Waals surface area contributed by atoms with Crippen molar-refractivity contribution in [2.45, 2.75) is 76.4 Å². The lowest BCUT2D eigenvalue weighted by Crippen LogP contribution is -2.51. The molecule has 3 amide bonds. The SMILES string of the molecule is CN1CCN(CCC(=O)Nc2ccc3c(=O)n(CC4(O)CCN(C(=O)C(CCCCC(=O)c5ccc6c(c5)CCCN6C(=O)CCl)Cc5ccccc5)CC4)cnc3c2)CC1. The molecule has 3 aliphatic rings. The zero-order valence-electron chi connectivity index (χ0n) is 35.2. The van der Waals surface area contributed by atoms with Gasteiger partial charge in [0.2, 0.25) is 17.7 Å². The van der Waals surface area contributed by atoms with Crippen LogP contribution in [0.15, 0.2) is 77.9 Å². The molecule has 0 aliphatic carbocycles. The second-order valence-electron chi connectivity index (χ2n) is 17.1. The predicted octanol–water partition coefficient (Wildman–Crippen LogP) is 5.15. The number of amides is 3. The van der Waals surface area contributed by atoms with Crippen molar-refractivity contribution in [2.24, 2.45) is 5.92 Å². The number of unbranched alkanes of at least 4 members (excludes halogenated alkanes) is 1. The predicted molar refractivity (Wildman–Crippen MR) is 238 cm³/mol. The van der Waals surface area contributed by atoms with Gasteiger partial charge >= 0.3 is 0 Å². The van der Waals surface area contributed by atoms with Crippen LogP contribution in [0.3, 0.4) is 0 Å². The van der Waals surface area contributed by atoms with Gasteiger partial charge in [-0.3, -0.25) is 28.5 Å². The van der Waals surface area contributed by atoms with Crippen molar-refractivity contribution in [2.75, 3.05) is 75.5 Å². The third kappa shape index (κ3) is 11.3. The van der Waals surface area contributed by atoms with E-state index < -0.39 is 5.60 Å². The number of halogens is 1. The summed E-state index contributed by atoms with van der Waals surface area (Å²) in [5.41, 5.74) is 3.10. The number of anilines is 2. The van der Waals surface area contributed by atoms with E-state index >= 15 is 0 Å². The molecule has 0 radical (unpaired) electrons. The Kier molecular flexibility index (Phi) is 14.7. The van der Waals surface area contributed by atoms with E-state index in [4.69, 9.17) is 11.6 Å². The summed E-state index contributed by atoms with van der Waals surface area (Å²) in [5, 5.41) is 15.0. The van der Waals surface area contributed by atoms with Crippen molar-refractivity contribution < 1.29 is 24.3 Å². The van der Waals surface area contributed by atoms with Crippen LogP contribution in [0.2, 0.25) is 0 Å². The van der Waals surface area contributed by atoms with Gasteiger partial charge in [0.1, 0.15) is 5.88 Å². The molecule has 2 saturated heterocycles. The van der Waals surface area contributed by atoms with Crippen LogP contribution in [0, 0.1) is 5.92 Å². The number of nitrogens with zero attached hydrogens (tertiary/aromatic N) is 6. The fourth-order valence-corrected chi connectivity index (χ4v) is 9.06. The number of aryl methyl sites for hydroxylation is 1. The van der Waals surface area contributed by atoms with Crippen LogP contribution in [0.1, 0.15) is 72.9 Å². The van der Waals surface area contributed by atoms with E-state index in [1.165, 1.54) is 10.9 Å². The Morgan fingerprint density at radius 2 is 1.67 bits per heavy atom. The monoisotopic (exact) mass is 851 g/mol. The van der Waals surface area contributed by atoms with Gasteiger partial charge in [0.05, 0.1) is 29.4 Å². The summed E-state index contributed by atoms with van der Waals surface area (Å²) in [4.78, 5) is 78.6. The maximum atomic E-state index is 14.1. The van der Waals surface area contributed by atoms with E-state index in [0.29, 0.717) is 99.7 Å². The van der Waals surface area contributed by atoms with Gasteiger partial charge in [0.25, 0.3) is 5.56 Å². The molecular weight excluding hydrogens is 794 g/mol. The van der Waals surface area contributed by atoms with E-state index in [2.05, 4.69) is 27.1 Å². The average Bonchev–Trinajstić information content (AvgIpc) is 3.27. The zero-order valence-corrected chi connectivity index (χ0v) is 36.0. The van der Waals surface area contributed by atoms with Gasteiger partial charge in [0, 0.05) is 88.1 Å². The quantitative estimate of drug-likeness (QED) is 0.0888. The number of aromatic nitrogens is 2. The van der Waals surface area contributed by atoms with Gasteiger partial charge < -0.3 is 30.0 Å². The maximum Gasteiger partial charge on any atom is 0.261 e. The Morgan fingerprint density at radius 1 is 0.902 bits per heavy atom. The molecule has 7 rings (SSSR count). The second-order valence-corrected chi connectivity index (χ2v) is 17.4. The zero-order chi connectivity index (χ0) is 42.9. The summed E-state index contributed by atoms with van der Waals surface area (Å²) in [6, 6.07) is 20.6. The number of benzene rings is 3. The molecule has 0 bridgehead atoms. The number of hydrogen-bond acceptors (Lipinski definition) is 9. The minimum absolute atomic E-state index is 0.0368. The number of carbonyl (C=O) groups excluding carboxylic acids is 4. The Bertz CT molecular complexity index is 2250. The number of piperazine rings is 1. The third-order valence-corrected chi connectivity index (χ3v) is 12.9. The largest absolute Gasteiger partial charge is 0.388 e. The molecule has 3 aliphatic heterocycles. The van der Waals surface area contributed by atoms with Gasteiger partial charge in [-0.1, -0.05) is 36.8 Å². The summed E-state index contributed by atoms with van der Waals surface area (Å²) >= 11 is 5.83. The number of Topliss-reactive ketones (excluding diaryl/α,β-unsaturated/α-hetero) is 1. The lowest BCUT2D eigenvalue weighted by Gasteiger charge is -2.39. The number of fused-ring (bicyclic) bond motifs is 2. The topological polar surface area (TPSA) is 148 Å². The van der Waals surface area contributed by atoms with Gasteiger partial charge in [-0.25, -0.2) is 4.98 Å². The number of nitrogens with one attached hydrogen (secondary N) is 1. The Morgan fingerprint density at radius 3 is 2.43 bits per heavy atom. The summed E-state index contributed by atoms with van der Waals surface area (Å²) in [6.45, 7) is 5.98. The lowest BCUT2D eigenvalue weighted by molar-refractivity contribution is -0.140. The second kappa shape index (κ2) is 20.3. The number of likely N-dealkylation sites (tertiary alicyclic amines) is 1. The van der Waals surface area contributed by atoms with Gasteiger partial charge in [-0.2, -0.15) is 0 Å². The van der Waals surface area contributed by atoms with Crippen molar-refractivity contribution >= 4 is 57.4 Å². The average molecular weight is 852 g/mol. The van der Waals surface area contributed by atoms with Gasteiger partial charge in [-0.15, -0.1) is 11.6 Å². The number of rotatable bonds is 16. The first-order chi connectivity index (χ1) is 29.5. The van der Waals surface area contributed by atoms with E-state index in [9.17, 15) is 29.1 Å². The van der Waals surface area contributed by atoms with Crippen LogP contribution in [-0.4, -0.2) is 124 Å². The first kappa shape index (κ1) is 44.1. The highest BCUT2D eigenvalue weighted by molar-refractivity contribution is 6.29. The molecule has 3 aromatic carbocycles. The van der Waals surface area contributed by atoms with Crippen molar-refractivity contribution in [3.05, 3.63) is 100 Å². The fraction of sp³-hybridized carbons (Fsp3) is 0.489. The lowest BCUT2D eigenvalue weighted by atomic mass is 9.88. The molecule has 4 aromatic rings. The maximum absolute atomic E-state index is 14.1. The molecular formula is C47H58ClN7O6. The summed E-state index contributed by atoms with van der Waals surface area (Å²) in [7, 11) is 2.10. The molecule has 61 heavy (non-hydrogen) atoms. The van der Waals surface area contributed by atoms with Crippen molar-refractivity contribution in [1.29, 1.82) is 0 Å². The minimum atomic E-state index is -1.20. The Hall–Kier alpha value is -4.95. The third-order valence-electron chi connectivity index (χ3n) is 12.6. The first-order valence-corrected chi connectivity index (χ1v) is 22.3. The van der Waals surface area contributed by atoms with Crippen LogP contribution in [0.5, 0.6) is 0 Å². The van der Waals surface area contributed by atoms with Crippen LogP contribution < -0.4 is 15.8 Å². The molecule has 1 aromatic heterocycles. The molecule has 0 spiro atoms. The summed E-state index contributed by atoms with van der Waals surface area (Å²) in [6.07, 6.45) is 7.01. The smallest absolute Gasteiger partial charge is 0.261 e. The Balaban J connectivity index is 0.914. The Labute approximate surface area is 362 Å². The summed E-state index contributed by atoms with van der Waals surface area (Å²) in [5.74, 6) is -0.498. The van der Waals surface area contributed by atoms with Crippen molar-refractivity contribution in [1.82, 2.24) is 24.3 Å². The number of ketones is 1. The van der Waals surface area contributed by atoms with Gasteiger partial charge in [-0.05, 0) is 99.5 Å². The normalized spacial score (nSPS) is 17.5. The standard InChI is InChI=1S/C47H58ClN7O6/c1-51-24-26-52(27-25-51)21-17-43(57)50-38-14-15-39-40(30-38)49-33-54(46(39)60)32-47(61)18-22-53(23-19-47)45(59)37(28-34-8-3-2-4-9-34)10-5-6-12-42(56)36-13-16-41-35(29-36)11-7-20-55(41)44(58)31-48/h2-4,8-9,13-16,29-30,33,37,61H,5-7,10-12,17-28,31-32H2,1H3,(H,50,57). The molecule has 1 atom stereocenters. The number of alkyl halides is 1. The molecule has 14 heteroatoms. The number of hydrogen-bond donors (Lipinski definition) is 2. The highest BCUT2D eigenvalue weighted by Gasteiger charge is 2.36. The van der Waals surface area contributed by atoms with Gasteiger partial charge in [0.15, 0.2) is 5.78 Å². The summed E-state index contributed by atoms with van der Waals surface area (Å²) < 4.78 is 1.44. The van der Waals surface area contributed by atoms with Crippen LogP contribution in [0.4, 0.5) is 11.4 Å². The molecule has 2 N–H and O–H groups in total. The van der Waals surface area contributed by atoms with E-state index in [0.717, 1.165) is 55.8 Å². The molecule has 0 saturated carbocycles. The molecule has 13 nitrogen and oxygen atoms in total. The minimum Gasteiger partial charge on any atom is -0.388 e. The van der Waals surface area contributed by atoms with Crippen LogP contribution in [-0.2, 0) is 33.8 Å². The van der Waals surface area contributed by atoms with Crippen molar-refractivity contribution in [3.63, 3.8) is 0 Å². The van der Waals surface area contributed by atoms with E-state index in [1.807, 2.05) is 47.4 Å². The van der Waals surface area contributed by atoms with Crippen LogP contribution in [0.25, 0.3) is 10.9 Å². The highest BCUT2D eigenvalue weighted by atomic mass is 35.5. The number of likely N-dealkylation sites (N-methyl/N-ethyl adjacent to an activating group) is 1. The number of carbonyl (C=O) groups is 4.